The number of carboxylic acid groups (broad SMARTS) is 1. The summed E-state index contributed by atoms with van der Waals surface area (Å²) in [5, 5.41) is 7.96. The highest BCUT2D eigenvalue weighted by Crippen LogP contribution is 1.89. The average molecular weight is 214 g/mol. The molecule has 0 heterocycles. The van der Waals surface area contributed by atoms with E-state index in [1.807, 2.05) is 6.92 Å². The van der Waals surface area contributed by atoms with Gasteiger partial charge in [0.25, 0.3) is 0 Å². The van der Waals surface area contributed by atoms with Crippen molar-refractivity contribution in [2.75, 3.05) is 7.11 Å². The van der Waals surface area contributed by atoms with Gasteiger partial charge in [0, 0.05) is 12.5 Å². The highest BCUT2D eigenvalue weighted by molar-refractivity contribution is 5.79. The van der Waals surface area contributed by atoms with Gasteiger partial charge in [0.1, 0.15) is 0 Å². The Balaban J connectivity index is 0. The standard InChI is InChI=1S/C6H10O2.C5H8O2/c1-3-4-5-6(7)8-2;1-2-3-4-5(6)7/h3H,1,4-5H2,2H3;3-4H,2H2,1H3,(H,6,7). The molecule has 0 aromatic rings. The second-order valence-electron chi connectivity index (χ2n) is 2.55. The zero-order valence-corrected chi connectivity index (χ0v) is 9.23. The average Bonchev–Trinajstić information content (AvgIpc) is 2.23. The number of methoxy groups -OCH3 is 1. The van der Waals surface area contributed by atoms with Gasteiger partial charge < -0.3 is 9.84 Å². The van der Waals surface area contributed by atoms with Crippen LogP contribution < -0.4 is 0 Å². The number of hydrogen-bond acceptors (Lipinski definition) is 3. The fourth-order valence-electron chi connectivity index (χ4n) is 0.541. The van der Waals surface area contributed by atoms with E-state index in [0.29, 0.717) is 12.8 Å². The fraction of sp³-hybridized carbons (Fsp3) is 0.455. The molecule has 4 nitrogen and oxygen atoms in total. The number of carbonyl (C=O) groups excluding carboxylic acids is 1. The van der Waals surface area contributed by atoms with Gasteiger partial charge in [-0.25, -0.2) is 4.79 Å². The second kappa shape index (κ2) is 12.4. The minimum Gasteiger partial charge on any atom is -0.478 e. The maximum absolute atomic E-state index is 10.3. The first kappa shape index (κ1) is 15.9. The summed E-state index contributed by atoms with van der Waals surface area (Å²) in [7, 11) is 1.38. The number of allylic oxidation sites excluding steroid dienone is 2. The minimum absolute atomic E-state index is 0.176. The van der Waals surface area contributed by atoms with E-state index in [1.165, 1.54) is 7.11 Å². The van der Waals surface area contributed by atoms with E-state index in [4.69, 9.17) is 5.11 Å². The molecule has 0 rings (SSSR count). The monoisotopic (exact) mass is 214 g/mol. The van der Waals surface area contributed by atoms with Gasteiger partial charge in [-0.05, 0) is 12.8 Å². The smallest absolute Gasteiger partial charge is 0.327 e. The molecule has 0 amide bonds. The molecule has 1 N–H and O–H groups in total. The van der Waals surface area contributed by atoms with Gasteiger partial charge in [-0.1, -0.05) is 19.1 Å². The van der Waals surface area contributed by atoms with Crippen LogP contribution in [0, 0.1) is 0 Å². The molecular formula is C11H18O4. The van der Waals surface area contributed by atoms with E-state index in [-0.39, 0.29) is 5.97 Å². The normalized spacial score (nSPS) is 8.93. The molecule has 0 radical (unpaired) electrons. The first-order valence-electron chi connectivity index (χ1n) is 4.65. The van der Waals surface area contributed by atoms with Crippen molar-refractivity contribution in [3.05, 3.63) is 24.8 Å². The maximum atomic E-state index is 10.3. The van der Waals surface area contributed by atoms with Crippen LogP contribution in [0.1, 0.15) is 26.2 Å². The lowest BCUT2D eigenvalue weighted by molar-refractivity contribution is -0.140. The molecule has 0 saturated carbocycles. The first-order chi connectivity index (χ1) is 7.08. The fourth-order valence-corrected chi connectivity index (χ4v) is 0.541. The number of hydrogen-bond donors (Lipinski definition) is 1. The topological polar surface area (TPSA) is 63.6 Å². The summed E-state index contributed by atoms with van der Waals surface area (Å²) in [6.07, 6.45) is 6.36. The lowest BCUT2D eigenvalue weighted by Crippen LogP contribution is -1.97. The van der Waals surface area contributed by atoms with Crippen LogP contribution in [0.3, 0.4) is 0 Å². The second-order valence-corrected chi connectivity index (χ2v) is 2.55. The Morgan fingerprint density at radius 1 is 1.47 bits per heavy atom. The van der Waals surface area contributed by atoms with Crippen molar-refractivity contribution >= 4 is 11.9 Å². The van der Waals surface area contributed by atoms with Gasteiger partial charge in [-0.2, -0.15) is 0 Å². The Morgan fingerprint density at radius 3 is 2.33 bits per heavy atom. The van der Waals surface area contributed by atoms with Gasteiger partial charge in [0.05, 0.1) is 7.11 Å². The quantitative estimate of drug-likeness (QED) is 0.432. The van der Waals surface area contributed by atoms with Crippen LogP contribution in [0.2, 0.25) is 0 Å². The molecule has 0 aromatic carbocycles. The molecular weight excluding hydrogens is 196 g/mol. The predicted molar refractivity (Wildman–Crippen MR) is 58.5 cm³/mol. The van der Waals surface area contributed by atoms with E-state index >= 15 is 0 Å². The maximum Gasteiger partial charge on any atom is 0.327 e. The molecule has 0 saturated heterocycles. The van der Waals surface area contributed by atoms with Crippen LogP contribution in [0.4, 0.5) is 0 Å². The Bertz CT molecular complexity index is 219. The van der Waals surface area contributed by atoms with Crippen molar-refractivity contribution in [1.29, 1.82) is 0 Å². The third-order valence-electron chi connectivity index (χ3n) is 1.28. The molecule has 0 atom stereocenters. The van der Waals surface area contributed by atoms with Crippen LogP contribution in [0.15, 0.2) is 24.8 Å². The van der Waals surface area contributed by atoms with Crippen molar-refractivity contribution in [2.45, 2.75) is 26.2 Å². The zero-order chi connectivity index (χ0) is 12.1. The van der Waals surface area contributed by atoms with Crippen molar-refractivity contribution in [2.24, 2.45) is 0 Å². The summed E-state index contributed by atoms with van der Waals surface area (Å²) < 4.78 is 4.37. The number of esters is 1. The molecule has 0 bridgehead atoms. The first-order valence-corrected chi connectivity index (χ1v) is 4.65. The Labute approximate surface area is 90.2 Å². The van der Waals surface area contributed by atoms with E-state index in [9.17, 15) is 9.59 Å². The van der Waals surface area contributed by atoms with Gasteiger partial charge >= 0.3 is 11.9 Å². The van der Waals surface area contributed by atoms with Crippen molar-refractivity contribution in [1.82, 2.24) is 0 Å². The molecule has 4 heteroatoms. The number of aliphatic carboxylic acids is 1. The lowest BCUT2D eigenvalue weighted by atomic mass is 10.3. The highest BCUT2D eigenvalue weighted by Gasteiger charge is 1.93. The Kier molecular flexibility index (Phi) is 13.1. The molecule has 0 aromatic heterocycles. The van der Waals surface area contributed by atoms with Crippen LogP contribution in [-0.2, 0) is 14.3 Å². The molecule has 0 aliphatic heterocycles. The van der Waals surface area contributed by atoms with Gasteiger partial charge in [-0.3, -0.25) is 4.79 Å². The Hall–Kier alpha value is -1.58. The largest absolute Gasteiger partial charge is 0.478 e. The van der Waals surface area contributed by atoms with Gasteiger partial charge in [0.15, 0.2) is 0 Å². The Morgan fingerprint density at radius 2 is 2.07 bits per heavy atom. The number of rotatable bonds is 5. The zero-order valence-electron chi connectivity index (χ0n) is 9.23. The third kappa shape index (κ3) is 19.0. The van der Waals surface area contributed by atoms with E-state index in [1.54, 1.807) is 12.2 Å². The number of carbonyl (C=O) groups is 2. The molecule has 15 heavy (non-hydrogen) atoms. The summed E-state index contributed by atoms with van der Waals surface area (Å²) in [4.78, 5) is 20.0. The van der Waals surface area contributed by atoms with Gasteiger partial charge in [-0.15, -0.1) is 6.58 Å². The molecule has 86 valence electrons. The van der Waals surface area contributed by atoms with Gasteiger partial charge in [0.2, 0.25) is 0 Å². The van der Waals surface area contributed by atoms with Crippen LogP contribution >= 0.6 is 0 Å². The van der Waals surface area contributed by atoms with Crippen molar-refractivity contribution < 1.29 is 19.4 Å². The summed E-state index contributed by atoms with van der Waals surface area (Å²) in [5.41, 5.74) is 0. The lowest BCUT2D eigenvalue weighted by Gasteiger charge is -1.91. The number of ether oxygens (including phenoxy) is 1. The number of carboxylic acids is 1. The molecule has 0 aliphatic carbocycles. The summed E-state index contributed by atoms with van der Waals surface area (Å²) >= 11 is 0. The van der Waals surface area contributed by atoms with E-state index < -0.39 is 5.97 Å². The predicted octanol–water partition coefficient (Wildman–Crippen LogP) is 2.16. The SMILES string of the molecule is C=CCCC(=O)OC.CCC=CC(=O)O. The van der Waals surface area contributed by atoms with E-state index in [2.05, 4.69) is 11.3 Å². The molecule has 0 unspecified atom stereocenters. The molecule has 0 fully saturated rings. The molecule has 0 aliphatic rings. The highest BCUT2D eigenvalue weighted by atomic mass is 16.5. The summed E-state index contributed by atoms with van der Waals surface area (Å²) in [6, 6.07) is 0. The summed E-state index contributed by atoms with van der Waals surface area (Å²) in [6.45, 7) is 5.35. The van der Waals surface area contributed by atoms with Crippen molar-refractivity contribution in [3.63, 3.8) is 0 Å². The van der Waals surface area contributed by atoms with E-state index in [0.717, 1.165) is 12.5 Å². The summed E-state index contributed by atoms with van der Waals surface area (Å²) in [5.74, 6) is -1.05. The van der Waals surface area contributed by atoms with Crippen molar-refractivity contribution in [3.8, 4) is 0 Å². The third-order valence-corrected chi connectivity index (χ3v) is 1.28. The minimum atomic E-state index is -0.873. The van der Waals surface area contributed by atoms with Crippen LogP contribution in [-0.4, -0.2) is 24.2 Å². The molecule has 0 spiro atoms. The van der Waals surface area contributed by atoms with Crippen LogP contribution in [0.25, 0.3) is 0 Å². The van der Waals surface area contributed by atoms with Crippen LogP contribution in [0.5, 0.6) is 0 Å².